The van der Waals surface area contributed by atoms with Crippen LogP contribution in [0.5, 0.6) is 5.75 Å². The zero-order valence-corrected chi connectivity index (χ0v) is 18.4. The Kier molecular flexibility index (Phi) is 7.47. The lowest BCUT2D eigenvalue weighted by atomic mass is 10.0. The number of carbonyl (C=O) groups is 1. The van der Waals surface area contributed by atoms with Gasteiger partial charge in [-0.05, 0) is 63.7 Å². The molecule has 0 fully saturated rings. The number of halogens is 1. The fourth-order valence-corrected chi connectivity index (χ4v) is 3.25. The zero-order valence-electron chi connectivity index (χ0n) is 16.8. The first-order chi connectivity index (χ1) is 14.0. The Labute approximate surface area is 180 Å². The summed E-state index contributed by atoms with van der Waals surface area (Å²) in [5, 5.41) is 7.17. The van der Waals surface area contributed by atoms with Crippen molar-refractivity contribution in [3.05, 3.63) is 82.1 Å². The van der Waals surface area contributed by atoms with Gasteiger partial charge in [0.15, 0.2) is 0 Å². The highest BCUT2D eigenvalue weighted by Crippen LogP contribution is 2.19. The number of ether oxygens (including phenoxy) is 1. The molecule has 0 unspecified atom stereocenters. The average molecular weight is 456 g/mol. The molecule has 1 aromatic heterocycles. The van der Waals surface area contributed by atoms with E-state index in [1.54, 1.807) is 6.20 Å². The van der Waals surface area contributed by atoms with E-state index in [2.05, 4.69) is 52.3 Å². The molecule has 0 bridgehead atoms. The minimum absolute atomic E-state index is 0.0743. The molecule has 0 atom stereocenters. The van der Waals surface area contributed by atoms with Crippen molar-refractivity contribution in [2.45, 2.75) is 39.3 Å². The van der Waals surface area contributed by atoms with Crippen LogP contribution in [0.2, 0.25) is 0 Å². The van der Waals surface area contributed by atoms with Crippen LogP contribution in [0.1, 0.15) is 47.7 Å². The van der Waals surface area contributed by atoms with Crippen LogP contribution >= 0.6 is 15.9 Å². The summed E-state index contributed by atoms with van der Waals surface area (Å²) in [6.45, 7) is 6.12. The van der Waals surface area contributed by atoms with Gasteiger partial charge in [0, 0.05) is 24.8 Å². The van der Waals surface area contributed by atoms with Gasteiger partial charge in [0.1, 0.15) is 12.4 Å². The number of benzene rings is 2. The fraction of sp³-hybridized carbons (Fsp3) is 0.304. The topological polar surface area (TPSA) is 56.1 Å². The quantitative estimate of drug-likeness (QED) is 0.452. The molecule has 1 amide bonds. The molecule has 0 aliphatic rings. The molecule has 0 aliphatic heterocycles. The summed E-state index contributed by atoms with van der Waals surface area (Å²) in [7, 11) is 0. The Morgan fingerprint density at radius 3 is 2.69 bits per heavy atom. The molecule has 5 nitrogen and oxygen atoms in total. The monoisotopic (exact) mass is 455 g/mol. The molecule has 2 aromatic carbocycles. The number of nitrogens with zero attached hydrogens (tertiary/aromatic N) is 2. The lowest BCUT2D eigenvalue weighted by Crippen LogP contribution is -2.25. The van der Waals surface area contributed by atoms with E-state index in [1.165, 1.54) is 5.56 Å². The first kappa shape index (κ1) is 21.1. The highest BCUT2D eigenvalue weighted by atomic mass is 79.9. The fourth-order valence-electron chi connectivity index (χ4n) is 2.92. The van der Waals surface area contributed by atoms with Gasteiger partial charge in [-0.25, -0.2) is 0 Å². The third kappa shape index (κ3) is 6.46. The predicted octanol–water partition coefficient (Wildman–Crippen LogP) is 5.17. The molecule has 0 saturated heterocycles. The van der Waals surface area contributed by atoms with Crippen LogP contribution in [-0.2, 0) is 13.2 Å². The smallest absolute Gasteiger partial charge is 0.251 e. The van der Waals surface area contributed by atoms with Crippen molar-refractivity contribution in [1.29, 1.82) is 0 Å². The predicted molar refractivity (Wildman–Crippen MR) is 118 cm³/mol. The summed E-state index contributed by atoms with van der Waals surface area (Å²) in [6.07, 6.45) is 4.49. The van der Waals surface area contributed by atoms with Gasteiger partial charge in [-0.2, -0.15) is 5.10 Å². The Morgan fingerprint density at radius 2 is 2.00 bits per heavy atom. The number of rotatable bonds is 9. The number of aryl methyl sites for hydroxylation is 1. The molecule has 152 valence electrons. The Morgan fingerprint density at radius 1 is 1.21 bits per heavy atom. The SMILES string of the molecule is CC(C)c1ccc(OCc2cccc(C(=O)NCCCn3cc(Br)cn3)c2)cc1. The van der Waals surface area contributed by atoms with Crippen molar-refractivity contribution in [2.75, 3.05) is 6.54 Å². The van der Waals surface area contributed by atoms with Crippen molar-refractivity contribution >= 4 is 21.8 Å². The molecule has 3 rings (SSSR count). The molecule has 29 heavy (non-hydrogen) atoms. The van der Waals surface area contributed by atoms with Crippen LogP contribution in [-0.4, -0.2) is 22.2 Å². The summed E-state index contributed by atoms with van der Waals surface area (Å²) in [6, 6.07) is 15.7. The van der Waals surface area contributed by atoms with E-state index >= 15 is 0 Å². The van der Waals surface area contributed by atoms with E-state index in [9.17, 15) is 4.79 Å². The molecule has 0 saturated carbocycles. The second-order valence-electron chi connectivity index (χ2n) is 7.24. The number of carbonyl (C=O) groups excluding carboxylic acids is 1. The van der Waals surface area contributed by atoms with Crippen molar-refractivity contribution in [2.24, 2.45) is 0 Å². The summed E-state index contributed by atoms with van der Waals surface area (Å²) in [5.74, 6) is 1.25. The number of amides is 1. The largest absolute Gasteiger partial charge is 0.489 e. The number of nitrogens with one attached hydrogen (secondary N) is 1. The van der Waals surface area contributed by atoms with Crippen LogP contribution in [0.3, 0.4) is 0 Å². The summed E-state index contributed by atoms with van der Waals surface area (Å²) < 4.78 is 8.67. The number of hydrogen-bond acceptors (Lipinski definition) is 3. The maximum atomic E-state index is 12.4. The van der Waals surface area contributed by atoms with Crippen molar-refractivity contribution in [3.8, 4) is 5.75 Å². The van der Waals surface area contributed by atoms with Crippen LogP contribution in [0, 0.1) is 0 Å². The van der Waals surface area contributed by atoms with E-state index < -0.39 is 0 Å². The second-order valence-corrected chi connectivity index (χ2v) is 8.16. The van der Waals surface area contributed by atoms with Crippen LogP contribution < -0.4 is 10.1 Å². The Bertz CT molecular complexity index is 935. The third-order valence-corrected chi connectivity index (χ3v) is 5.00. The maximum absolute atomic E-state index is 12.4. The lowest BCUT2D eigenvalue weighted by Gasteiger charge is -2.10. The van der Waals surface area contributed by atoms with Gasteiger partial charge in [-0.3, -0.25) is 9.48 Å². The van der Waals surface area contributed by atoms with E-state index in [0.717, 1.165) is 28.8 Å². The van der Waals surface area contributed by atoms with E-state index in [4.69, 9.17) is 4.74 Å². The lowest BCUT2D eigenvalue weighted by molar-refractivity contribution is 0.0952. The molecule has 6 heteroatoms. The van der Waals surface area contributed by atoms with Gasteiger partial charge in [-0.15, -0.1) is 0 Å². The minimum atomic E-state index is -0.0743. The van der Waals surface area contributed by atoms with Gasteiger partial charge >= 0.3 is 0 Å². The van der Waals surface area contributed by atoms with Crippen LogP contribution in [0.25, 0.3) is 0 Å². The molecule has 0 aliphatic carbocycles. The Balaban J connectivity index is 1.47. The van der Waals surface area contributed by atoms with Gasteiger partial charge in [0.2, 0.25) is 0 Å². The van der Waals surface area contributed by atoms with Gasteiger partial charge in [0.05, 0.1) is 10.7 Å². The maximum Gasteiger partial charge on any atom is 0.251 e. The van der Waals surface area contributed by atoms with Gasteiger partial charge in [0.25, 0.3) is 5.91 Å². The highest BCUT2D eigenvalue weighted by molar-refractivity contribution is 9.10. The minimum Gasteiger partial charge on any atom is -0.489 e. The molecule has 3 aromatic rings. The van der Waals surface area contributed by atoms with Crippen LogP contribution in [0.4, 0.5) is 0 Å². The van der Waals surface area contributed by atoms with E-state index in [1.807, 2.05) is 47.3 Å². The molecule has 0 radical (unpaired) electrons. The van der Waals surface area contributed by atoms with Gasteiger partial charge < -0.3 is 10.1 Å². The number of hydrogen-bond donors (Lipinski definition) is 1. The molecule has 1 N–H and O–H groups in total. The summed E-state index contributed by atoms with van der Waals surface area (Å²) in [5.41, 5.74) is 2.89. The van der Waals surface area contributed by atoms with Crippen LogP contribution in [0.15, 0.2) is 65.4 Å². The number of aromatic nitrogens is 2. The molecule has 1 heterocycles. The van der Waals surface area contributed by atoms with Crippen molar-refractivity contribution in [1.82, 2.24) is 15.1 Å². The standard InChI is InChI=1S/C23H26BrN3O2/c1-17(2)19-7-9-22(10-8-19)29-16-18-5-3-6-20(13-18)23(28)25-11-4-12-27-15-21(24)14-26-27/h3,5-10,13-15,17H,4,11-12,16H2,1-2H3,(H,25,28). The third-order valence-electron chi connectivity index (χ3n) is 4.59. The van der Waals surface area contributed by atoms with E-state index in [0.29, 0.717) is 24.6 Å². The molecular formula is C23H26BrN3O2. The normalized spacial score (nSPS) is 10.9. The van der Waals surface area contributed by atoms with Crippen molar-refractivity contribution < 1.29 is 9.53 Å². The second kappa shape index (κ2) is 10.3. The zero-order chi connectivity index (χ0) is 20.6. The first-order valence-electron chi connectivity index (χ1n) is 9.79. The first-order valence-corrected chi connectivity index (χ1v) is 10.6. The van der Waals surface area contributed by atoms with Crippen molar-refractivity contribution in [3.63, 3.8) is 0 Å². The molecule has 0 spiro atoms. The van der Waals surface area contributed by atoms with Gasteiger partial charge in [-0.1, -0.05) is 38.1 Å². The summed E-state index contributed by atoms with van der Waals surface area (Å²) in [4.78, 5) is 12.4. The molecular weight excluding hydrogens is 430 g/mol. The highest BCUT2D eigenvalue weighted by Gasteiger charge is 2.07. The van der Waals surface area contributed by atoms with E-state index in [-0.39, 0.29) is 5.91 Å². The Hall–Kier alpha value is -2.60. The summed E-state index contributed by atoms with van der Waals surface area (Å²) >= 11 is 3.37. The average Bonchev–Trinajstić information content (AvgIpc) is 3.15.